The van der Waals surface area contributed by atoms with Crippen molar-refractivity contribution in [2.75, 3.05) is 13.1 Å². The lowest BCUT2D eigenvalue weighted by Gasteiger charge is -2.17. The highest BCUT2D eigenvalue weighted by atomic mass is 32.2. The molecule has 1 aliphatic heterocycles. The molecule has 1 amide bonds. The third-order valence-corrected chi connectivity index (χ3v) is 5.53. The van der Waals surface area contributed by atoms with Crippen molar-refractivity contribution in [3.63, 3.8) is 0 Å². The fraction of sp³-hybridized carbons (Fsp3) is 0.462. The molecule has 7 heteroatoms. The van der Waals surface area contributed by atoms with Gasteiger partial charge in [0.25, 0.3) is 0 Å². The molecule has 1 fully saturated rings. The first-order valence-corrected chi connectivity index (χ1v) is 7.84. The van der Waals surface area contributed by atoms with E-state index in [4.69, 9.17) is 5.73 Å². The van der Waals surface area contributed by atoms with Crippen LogP contribution in [-0.2, 0) is 10.0 Å². The van der Waals surface area contributed by atoms with E-state index in [9.17, 15) is 18.3 Å². The maximum absolute atomic E-state index is 12.4. The van der Waals surface area contributed by atoms with Crippen molar-refractivity contribution in [3.05, 3.63) is 29.8 Å². The number of amides is 1. The van der Waals surface area contributed by atoms with Gasteiger partial charge < -0.3 is 10.8 Å². The predicted octanol–water partition coefficient (Wildman–Crippen LogP) is 0.177. The Morgan fingerprint density at radius 2 is 2.00 bits per heavy atom. The first-order chi connectivity index (χ1) is 9.32. The van der Waals surface area contributed by atoms with E-state index in [2.05, 4.69) is 0 Å². The van der Waals surface area contributed by atoms with Gasteiger partial charge in [-0.1, -0.05) is 0 Å². The molecule has 0 aliphatic carbocycles. The Kier molecular flexibility index (Phi) is 4.12. The Bertz CT molecular complexity index is 595. The monoisotopic (exact) mass is 298 g/mol. The van der Waals surface area contributed by atoms with E-state index < -0.39 is 22.0 Å². The molecule has 1 heterocycles. The van der Waals surface area contributed by atoms with E-state index in [1.54, 1.807) is 6.92 Å². The van der Waals surface area contributed by atoms with Gasteiger partial charge in [-0.25, -0.2) is 8.42 Å². The van der Waals surface area contributed by atoms with Crippen LogP contribution in [0.4, 0.5) is 0 Å². The summed E-state index contributed by atoms with van der Waals surface area (Å²) in [6.07, 6.45) is 0.128. The number of aliphatic hydroxyl groups is 1. The lowest BCUT2D eigenvalue weighted by Crippen LogP contribution is -2.30. The molecule has 0 bridgehead atoms. The number of primary amides is 1. The molecule has 6 nitrogen and oxygen atoms in total. The SMILES string of the molecule is CC(O)C1CCN(S(=O)(=O)c2ccc(C(N)=O)cc2)C1. The van der Waals surface area contributed by atoms with Crippen molar-refractivity contribution in [1.82, 2.24) is 4.31 Å². The number of carbonyl (C=O) groups is 1. The van der Waals surface area contributed by atoms with Crippen LogP contribution in [0.5, 0.6) is 0 Å². The minimum absolute atomic E-state index is 0.0327. The van der Waals surface area contributed by atoms with Crippen LogP contribution in [0.1, 0.15) is 23.7 Å². The van der Waals surface area contributed by atoms with Crippen LogP contribution in [0.15, 0.2) is 29.2 Å². The first-order valence-electron chi connectivity index (χ1n) is 6.40. The molecule has 2 rings (SSSR count). The van der Waals surface area contributed by atoms with Gasteiger partial charge in [-0.2, -0.15) is 4.31 Å². The number of hydrogen-bond donors (Lipinski definition) is 2. The highest BCUT2D eigenvalue weighted by Gasteiger charge is 2.34. The number of aliphatic hydroxyl groups excluding tert-OH is 1. The average molecular weight is 298 g/mol. The molecule has 3 N–H and O–H groups in total. The minimum atomic E-state index is -3.58. The number of benzene rings is 1. The van der Waals surface area contributed by atoms with Crippen LogP contribution in [-0.4, -0.2) is 42.9 Å². The van der Waals surface area contributed by atoms with Crippen molar-refractivity contribution in [1.29, 1.82) is 0 Å². The summed E-state index contributed by atoms with van der Waals surface area (Å²) < 4.78 is 26.2. The highest BCUT2D eigenvalue weighted by Crippen LogP contribution is 2.26. The zero-order valence-corrected chi connectivity index (χ0v) is 12.0. The minimum Gasteiger partial charge on any atom is -0.393 e. The van der Waals surface area contributed by atoms with Gasteiger partial charge in [-0.05, 0) is 43.5 Å². The van der Waals surface area contributed by atoms with E-state index in [1.165, 1.54) is 28.6 Å². The molecule has 0 spiro atoms. The number of hydrogen-bond acceptors (Lipinski definition) is 4. The van der Waals surface area contributed by atoms with Gasteiger partial charge in [0.15, 0.2) is 0 Å². The Labute approximate surface area is 118 Å². The topological polar surface area (TPSA) is 101 Å². The van der Waals surface area contributed by atoms with E-state index in [0.29, 0.717) is 19.5 Å². The Balaban J connectivity index is 2.21. The van der Waals surface area contributed by atoms with E-state index in [0.717, 1.165) is 0 Å². The average Bonchev–Trinajstić information content (AvgIpc) is 2.89. The predicted molar refractivity (Wildman–Crippen MR) is 73.5 cm³/mol. The number of sulfonamides is 1. The molecular formula is C13H18N2O4S. The molecule has 0 saturated carbocycles. The van der Waals surface area contributed by atoms with Crippen molar-refractivity contribution in [2.24, 2.45) is 11.7 Å². The second-order valence-electron chi connectivity index (χ2n) is 5.04. The summed E-state index contributed by atoms with van der Waals surface area (Å²) in [4.78, 5) is 11.1. The third-order valence-electron chi connectivity index (χ3n) is 3.65. The maximum Gasteiger partial charge on any atom is 0.248 e. The van der Waals surface area contributed by atoms with Crippen molar-refractivity contribution in [2.45, 2.75) is 24.3 Å². The molecule has 1 aromatic carbocycles. The van der Waals surface area contributed by atoms with E-state index in [-0.39, 0.29) is 16.4 Å². The zero-order chi connectivity index (χ0) is 14.9. The van der Waals surface area contributed by atoms with Crippen LogP contribution in [0, 0.1) is 5.92 Å². The largest absolute Gasteiger partial charge is 0.393 e. The van der Waals surface area contributed by atoms with Crippen LogP contribution < -0.4 is 5.73 Å². The molecule has 1 saturated heterocycles. The zero-order valence-electron chi connectivity index (χ0n) is 11.2. The van der Waals surface area contributed by atoms with Gasteiger partial charge in [0, 0.05) is 18.7 Å². The maximum atomic E-state index is 12.4. The molecule has 20 heavy (non-hydrogen) atoms. The fourth-order valence-electron chi connectivity index (χ4n) is 2.31. The summed E-state index contributed by atoms with van der Waals surface area (Å²) in [5.74, 6) is -0.626. The molecule has 2 atom stereocenters. The van der Waals surface area contributed by atoms with E-state index >= 15 is 0 Å². The van der Waals surface area contributed by atoms with Gasteiger partial charge in [0.1, 0.15) is 0 Å². The van der Waals surface area contributed by atoms with Gasteiger partial charge in [0.05, 0.1) is 11.0 Å². The summed E-state index contributed by atoms with van der Waals surface area (Å²) >= 11 is 0. The number of nitrogens with two attached hydrogens (primary N) is 1. The summed E-state index contributed by atoms with van der Waals surface area (Å²) in [5, 5.41) is 9.53. The summed E-state index contributed by atoms with van der Waals surface area (Å²) in [7, 11) is -3.58. The second-order valence-corrected chi connectivity index (χ2v) is 6.98. The van der Waals surface area contributed by atoms with E-state index in [1.807, 2.05) is 0 Å². The Morgan fingerprint density at radius 1 is 1.40 bits per heavy atom. The van der Waals surface area contributed by atoms with Gasteiger partial charge in [0.2, 0.25) is 15.9 Å². The second kappa shape index (κ2) is 5.51. The third kappa shape index (κ3) is 2.84. The van der Waals surface area contributed by atoms with Crippen LogP contribution in [0.25, 0.3) is 0 Å². The highest BCUT2D eigenvalue weighted by molar-refractivity contribution is 7.89. The summed E-state index contributed by atoms with van der Waals surface area (Å²) in [5.41, 5.74) is 5.39. The van der Waals surface area contributed by atoms with Crippen molar-refractivity contribution in [3.8, 4) is 0 Å². The number of carbonyl (C=O) groups excluding carboxylic acids is 1. The van der Waals surface area contributed by atoms with Crippen LogP contribution in [0.2, 0.25) is 0 Å². The van der Waals surface area contributed by atoms with Gasteiger partial charge in [-0.15, -0.1) is 0 Å². The van der Waals surface area contributed by atoms with Crippen LogP contribution in [0.3, 0.4) is 0 Å². The molecule has 0 radical (unpaired) electrons. The lowest BCUT2D eigenvalue weighted by atomic mass is 10.0. The molecule has 1 aliphatic rings. The fourth-order valence-corrected chi connectivity index (χ4v) is 3.82. The Hall–Kier alpha value is -1.44. The summed E-state index contributed by atoms with van der Waals surface area (Å²) in [6, 6.07) is 5.56. The molecule has 1 aromatic rings. The van der Waals surface area contributed by atoms with Crippen molar-refractivity contribution >= 4 is 15.9 Å². The van der Waals surface area contributed by atoms with Gasteiger partial charge >= 0.3 is 0 Å². The smallest absolute Gasteiger partial charge is 0.248 e. The molecular weight excluding hydrogens is 280 g/mol. The Morgan fingerprint density at radius 3 is 2.45 bits per heavy atom. The van der Waals surface area contributed by atoms with Gasteiger partial charge in [-0.3, -0.25) is 4.79 Å². The first kappa shape index (κ1) is 15.0. The quantitative estimate of drug-likeness (QED) is 0.827. The van der Waals surface area contributed by atoms with Crippen molar-refractivity contribution < 1.29 is 18.3 Å². The normalized spacial score (nSPS) is 21.8. The molecule has 0 aromatic heterocycles. The summed E-state index contributed by atoms with van der Waals surface area (Å²) in [6.45, 7) is 2.38. The molecule has 2 unspecified atom stereocenters. The number of rotatable bonds is 4. The standard InChI is InChI=1S/C13H18N2O4S/c1-9(16)11-6-7-15(8-11)20(18,19)12-4-2-10(3-5-12)13(14)17/h2-5,9,11,16H,6-8H2,1H3,(H2,14,17). The number of nitrogens with zero attached hydrogens (tertiary/aromatic N) is 1. The van der Waals surface area contributed by atoms with Crippen LogP contribution >= 0.6 is 0 Å². The molecule has 110 valence electrons. The lowest BCUT2D eigenvalue weighted by molar-refractivity contribution is 0.1000.